The van der Waals surface area contributed by atoms with Crippen molar-refractivity contribution in [3.63, 3.8) is 0 Å². The van der Waals surface area contributed by atoms with Gasteiger partial charge in [-0.15, -0.1) is 0 Å². The first-order chi connectivity index (χ1) is 12.9. The number of sulfonamides is 1. The Morgan fingerprint density at radius 3 is 2.56 bits per heavy atom. The highest BCUT2D eigenvalue weighted by atomic mass is 32.2. The number of fused-ring (bicyclic) bond motifs is 1. The van der Waals surface area contributed by atoms with Gasteiger partial charge in [0.15, 0.2) is 11.5 Å². The van der Waals surface area contributed by atoms with E-state index in [0.717, 1.165) is 5.69 Å². The first-order valence-electron chi connectivity index (χ1n) is 8.09. The smallest absolute Gasteiger partial charge is 0.266 e. The maximum absolute atomic E-state index is 12.5. The molecule has 0 fully saturated rings. The summed E-state index contributed by atoms with van der Waals surface area (Å²) in [7, 11) is -3.77. The van der Waals surface area contributed by atoms with E-state index in [1.807, 2.05) is 18.2 Å². The number of nitrogens with zero attached hydrogens (tertiary/aromatic N) is 2. The minimum atomic E-state index is -3.77. The molecule has 1 aliphatic rings. The Hall–Kier alpha value is -3.27. The number of aromatic nitrogens is 3. The lowest BCUT2D eigenvalue weighted by atomic mass is 10.2. The van der Waals surface area contributed by atoms with Crippen LogP contribution in [-0.2, 0) is 10.0 Å². The van der Waals surface area contributed by atoms with Gasteiger partial charge in [0.25, 0.3) is 10.0 Å². The SMILES string of the molecule is Cc1n[nH]c(C)c1S(=O)(=O)Nc1ccc(Nc2ccc3c(c2)OCO3)cn1. The van der Waals surface area contributed by atoms with Crippen molar-refractivity contribution >= 4 is 27.2 Å². The summed E-state index contributed by atoms with van der Waals surface area (Å²) in [5, 5.41) is 9.76. The lowest BCUT2D eigenvalue weighted by Gasteiger charge is -2.10. The van der Waals surface area contributed by atoms with Gasteiger partial charge in [-0.25, -0.2) is 13.4 Å². The number of anilines is 3. The Kier molecular flexibility index (Phi) is 4.11. The standard InChI is InChI=1S/C17H17N5O4S/c1-10-17(11(2)21-20-10)27(23,24)22-16-6-4-13(8-18-16)19-12-3-5-14-15(7-12)26-9-25-14/h3-8,19H,9H2,1-2H3,(H,18,22)(H,20,21). The molecule has 3 N–H and O–H groups in total. The summed E-state index contributed by atoms with van der Waals surface area (Å²) in [5.41, 5.74) is 2.38. The van der Waals surface area contributed by atoms with E-state index in [2.05, 4.69) is 25.2 Å². The number of aryl methyl sites for hydroxylation is 2. The Bertz CT molecular complexity index is 1070. The van der Waals surface area contributed by atoms with Crippen LogP contribution in [0.3, 0.4) is 0 Å². The Morgan fingerprint density at radius 1 is 1.07 bits per heavy atom. The van der Waals surface area contributed by atoms with Crippen molar-refractivity contribution < 1.29 is 17.9 Å². The second kappa shape index (κ2) is 6.47. The predicted molar refractivity (Wildman–Crippen MR) is 99.0 cm³/mol. The monoisotopic (exact) mass is 387 g/mol. The van der Waals surface area contributed by atoms with Crippen LogP contribution in [0.25, 0.3) is 0 Å². The van der Waals surface area contributed by atoms with E-state index < -0.39 is 10.0 Å². The predicted octanol–water partition coefficient (Wildman–Crippen LogP) is 2.69. The number of H-pyrrole nitrogens is 1. The average molecular weight is 387 g/mol. The second-order valence-electron chi connectivity index (χ2n) is 5.99. The summed E-state index contributed by atoms with van der Waals surface area (Å²) in [6.07, 6.45) is 1.54. The van der Waals surface area contributed by atoms with Crippen LogP contribution in [0.1, 0.15) is 11.4 Å². The molecule has 0 amide bonds. The third-order valence-electron chi connectivity index (χ3n) is 3.99. The van der Waals surface area contributed by atoms with Crippen LogP contribution in [0.2, 0.25) is 0 Å². The third-order valence-corrected chi connectivity index (χ3v) is 5.61. The van der Waals surface area contributed by atoms with Crippen LogP contribution in [0, 0.1) is 13.8 Å². The largest absolute Gasteiger partial charge is 0.454 e. The van der Waals surface area contributed by atoms with Gasteiger partial charge in [0, 0.05) is 11.8 Å². The van der Waals surface area contributed by atoms with Crippen molar-refractivity contribution in [1.29, 1.82) is 0 Å². The van der Waals surface area contributed by atoms with Crippen molar-refractivity contribution in [1.82, 2.24) is 15.2 Å². The molecule has 1 aliphatic heterocycles. The number of hydrogen-bond donors (Lipinski definition) is 3. The van der Waals surface area contributed by atoms with Crippen LogP contribution in [0.5, 0.6) is 11.5 Å². The van der Waals surface area contributed by atoms with Crippen LogP contribution in [-0.4, -0.2) is 30.4 Å². The molecule has 0 bridgehead atoms. The molecule has 9 nitrogen and oxygen atoms in total. The number of pyridine rings is 1. The van der Waals surface area contributed by atoms with Crippen molar-refractivity contribution in [2.45, 2.75) is 18.7 Å². The van der Waals surface area contributed by atoms with Crippen molar-refractivity contribution in [2.24, 2.45) is 0 Å². The highest BCUT2D eigenvalue weighted by Crippen LogP contribution is 2.35. The first kappa shape index (κ1) is 17.2. The fourth-order valence-corrected chi connectivity index (χ4v) is 4.18. The maximum atomic E-state index is 12.5. The molecule has 0 unspecified atom stereocenters. The molecule has 0 saturated carbocycles. The topological polar surface area (TPSA) is 118 Å². The number of ether oxygens (including phenoxy) is 2. The molecule has 27 heavy (non-hydrogen) atoms. The van der Waals surface area contributed by atoms with E-state index in [1.54, 1.807) is 26.0 Å². The maximum Gasteiger partial charge on any atom is 0.266 e. The molecule has 0 atom stereocenters. The summed E-state index contributed by atoms with van der Waals surface area (Å²) in [4.78, 5) is 4.29. The first-order valence-corrected chi connectivity index (χ1v) is 9.58. The minimum Gasteiger partial charge on any atom is -0.454 e. The quantitative estimate of drug-likeness (QED) is 0.616. The fraction of sp³-hybridized carbons (Fsp3) is 0.176. The number of aromatic amines is 1. The van der Waals surface area contributed by atoms with Crippen LogP contribution in [0.4, 0.5) is 17.2 Å². The lowest BCUT2D eigenvalue weighted by molar-refractivity contribution is 0.174. The highest BCUT2D eigenvalue weighted by molar-refractivity contribution is 7.92. The molecule has 3 aromatic rings. The van der Waals surface area contributed by atoms with Gasteiger partial charge in [-0.2, -0.15) is 5.10 Å². The molecule has 0 radical (unpaired) electrons. The average Bonchev–Trinajstić information content (AvgIpc) is 3.22. The van der Waals surface area contributed by atoms with E-state index in [1.165, 1.54) is 6.20 Å². The summed E-state index contributed by atoms with van der Waals surface area (Å²) in [6, 6.07) is 8.80. The molecule has 0 spiro atoms. The van der Waals surface area contributed by atoms with E-state index in [9.17, 15) is 8.42 Å². The molecule has 1 aromatic carbocycles. The van der Waals surface area contributed by atoms with Gasteiger partial charge in [0.1, 0.15) is 10.7 Å². The van der Waals surface area contributed by atoms with E-state index in [0.29, 0.717) is 28.6 Å². The van der Waals surface area contributed by atoms with E-state index in [-0.39, 0.29) is 17.5 Å². The normalized spacial score (nSPS) is 12.8. The van der Waals surface area contributed by atoms with Crippen molar-refractivity contribution in [3.05, 3.63) is 47.9 Å². The van der Waals surface area contributed by atoms with Crippen LogP contribution < -0.4 is 19.5 Å². The summed E-state index contributed by atoms with van der Waals surface area (Å²) in [6.45, 7) is 3.50. The summed E-state index contributed by atoms with van der Waals surface area (Å²) >= 11 is 0. The molecule has 3 heterocycles. The Labute approximate surface area is 155 Å². The van der Waals surface area contributed by atoms with Crippen LogP contribution >= 0.6 is 0 Å². The fourth-order valence-electron chi connectivity index (χ4n) is 2.79. The van der Waals surface area contributed by atoms with Gasteiger partial charge >= 0.3 is 0 Å². The van der Waals surface area contributed by atoms with Gasteiger partial charge in [-0.3, -0.25) is 9.82 Å². The summed E-state index contributed by atoms with van der Waals surface area (Å²) in [5.74, 6) is 1.59. The number of hydrogen-bond acceptors (Lipinski definition) is 7. The van der Waals surface area contributed by atoms with Crippen molar-refractivity contribution in [2.75, 3.05) is 16.8 Å². The van der Waals surface area contributed by atoms with Crippen LogP contribution in [0.15, 0.2) is 41.4 Å². The van der Waals surface area contributed by atoms with Crippen molar-refractivity contribution in [3.8, 4) is 11.5 Å². The number of nitrogens with one attached hydrogen (secondary N) is 3. The molecule has 4 rings (SSSR count). The Balaban J connectivity index is 1.49. The molecule has 0 saturated heterocycles. The zero-order valence-electron chi connectivity index (χ0n) is 14.6. The second-order valence-corrected chi connectivity index (χ2v) is 7.61. The molecule has 10 heteroatoms. The van der Waals surface area contributed by atoms with E-state index in [4.69, 9.17) is 9.47 Å². The van der Waals surface area contributed by atoms with E-state index >= 15 is 0 Å². The number of rotatable bonds is 5. The van der Waals surface area contributed by atoms with Gasteiger partial charge in [0.2, 0.25) is 6.79 Å². The molecule has 140 valence electrons. The molecular formula is C17H17N5O4S. The molecule has 0 aliphatic carbocycles. The Morgan fingerprint density at radius 2 is 1.85 bits per heavy atom. The summed E-state index contributed by atoms with van der Waals surface area (Å²) < 4.78 is 38.2. The lowest BCUT2D eigenvalue weighted by Crippen LogP contribution is -2.15. The van der Waals surface area contributed by atoms with Gasteiger partial charge < -0.3 is 14.8 Å². The third kappa shape index (κ3) is 3.38. The minimum absolute atomic E-state index is 0.131. The van der Waals surface area contributed by atoms with Gasteiger partial charge in [-0.1, -0.05) is 0 Å². The number of benzene rings is 1. The zero-order valence-corrected chi connectivity index (χ0v) is 15.4. The highest BCUT2D eigenvalue weighted by Gasteiger charge is 2.22. The van der Waals surface area contributed by atoms with Gasteiger partial charge in [0.05, 0.1) is 23.3 Å². The molecule has 2 aromatic heterocycles. The molecular weight excluding hydrogens is 370 g/mol. The zero-order chi connectivity index (χ0) is 19.0. The van der Waals surface area contributed by atoms with Gasteiger partial charge in [-0.05, 0) is 38.1 Å².